The van der Waals surface area contributed by atoms with E-state index in [-0.39, 0.29) is 18.0 Å². The molecule has 2 fully saturated rings. The van der Waals surface area contributed by atoms with E-state index in [4.69, 9.17) is 4.74 Å². The zero-order valence-electron chi connectivity index (χ0n) is 20.3. The summed E-state index contributed by atoms with van der Waals surface area (Å²) in [4.78, 5) is 53.6. The summed E-state index contributed by atoms with van der Waals surface area (Å²) in [5.41, 5.74) is 0.460. The fraction of sp³-hybridized carbons (Fsp3) is 0.385. The van der Waals surface area contributed by atoms with Crippen molar-refractivity contribution in [1.82, 2.24) is 15.1 Å². The third kappa shape index (κ3) is 4.08. The highest BCUT2D eigenvalue weighted by molar-refractivity contribution is 6.06. The van der Waals surface area contributed by atoms with Gasteiger partial charge in [0.05, 0.1) is 6.04 Å². The van der Waals surface area contributed by atoms with Crippen molar-refractivity contribution in [3.8, 4) is 0 Å². The van der Waals surface area contributed by atoms with E-state index < -0.39 is 53.8 Å². The Hall–Kier alpha value is -4.02. The monoisotopic (exact) mass is 512 g/mol. The quantitative estimate of drug-likeness (QED) is 0.651. The number of imide groups is 1. The van der Waals surface area contributed by atoms with Crippen molar-refractivity contribution in [2.75, 3.05) is 18.9 Å². The molecule has 0 radical (unpaired) electrons. The minimum absolute atomic E-state index is 0.191. The second-order valence-electron chi connectivity index (χ2n) is 9.57. The highest BCUT2D eigenvalue weighted by Crippen LogP contribution is 2.46. The van der Waals surface area contributed by atoms with E-state index in [1.165, 1.54) is 18.0 Å². The number of carbonyl (C=O) groups excluding carboxylic acids is 4. The lowest BCUT2D eigenvalue weighted by atomic mass is 9.94. The van der Waals surface area contributed by atoms with Crippen molar-refractivity contribution in [2.45, 2.75) is 50.3 Å². The lowest BCUT2D eigenvalue weighted by Gasteiger charge is -2.30. The Morgan fingerprint density at radius 1 is 1.14 bits per heavy atom. The molecule has 37 heavy (non-hydrogen) atoms. The van der Waals surface area contributed by atoms with Gasteiger partial charge in [-0.25, -0.2) is 23.3 Å². The van der Waals surface area contributed by atoms with Gasteiger partial charge in [0.15, 0.2) is 0 Å². The molecule has 1 spiro atoms. The Bertz CT molecular complexity index is 1320. The minimum atomic E-state index is -1.53. The van der Waals surface area contributed by atoms with Crippen molar-refractivity contribution in [3.05, 3.63) is 64.7 Å². The number of anilines is 1. The van der Waals surface area contributed by atoms with Crippen LogP contribution in [0.25, 0.3) is 0 Å². The molecule has 2 heterocycles. The lowest BCUT2D eigenvalue weighted by Crippen LogP contribution is -2.46. The highest BCUT2D eigenvalue weighted by atomic mass is 19.1. The van der Waals surface area contributed by atoms with Gasteiger partial charge < -0.3 is 20.3 Å². The van der Waals surface area contributed by atoms with E-state index in [0.29, 0.717) is 30.5 Å². The van der Waals surface area contributed by atoms with E-state index in [1.807, 2.05) is 6.92 Å². The molecule has 5 amide bonds. The maximum atomic E-state index is 14.5. The van der Waals surface area contributed by atoms with Gasteiger partial charge in [0.25, 0.3) is 5.91 Å². The molecule has 11 heteroatoms. The summed E-state index contributed by atoms with van der Waals surface area (Å²) >= 11 is 0. The number of nitrogens with zero attached hydrogens (tertiary/aromatic N) is 2. The van der Waals surface area contributed by atoms with E-state index in [1.54, 1.807) is 18.2 Å². The molecule has 194 valence electrons. The van der Waals surface area contributed by atoms with E-state index in [9.17, 15) is 28.0 Å². The number of likely N-dealkylation sites (tertiary alicyclic amines) is 1. The van der Waals surface area contributed by atoms with Crippen molar-refractivity contribution >= 4 is 29.6 Å². The van der Waals surface area contributed by atoms with Gasteiger partial charge in [-0.1, -0.05) is 12.1 Å². The number of hydrogen-bond acceptors (Lipinski definition) is 5. The molecule has 9 nitrogen and oxygen atoms in total. The summed E-state index contributed by atoms with van der Waals surface area (Å²) in [6, 6.07) is 6.93. The molecule has 3 atom stereocenters. The summed E-state index contributed by atoms with van der Waals surface area (Å²) in [7, 11) is 1.49. The molecule has 0 saturated carbocycles. The molecule has 3 aliphatic rings. The fourth-order valence-corrected chi connectivity index (χ4v) is 5.62. The topological polar surface area (TPSA) is 108 Å². The van der Waals surface area contributed by atoms with Crippen LogP contribution in [0.4, 0.5) is 24.1 Å². The predicted octanol–water partition coefficient (Wildman–Crippen LogP) is 3.59. The van der Waals surface area contributed by atoms with Crippen LogP contribution in [0.3, 0.4) is 0 Å². The first kappa shape index (κ1) is 24.7. The zero-order valence-corrected chi connectivity index (χ0v) is 20.3. The summed E-state index contributed by atoms with van der Waals surface area (Å²) in [5.74, 6) is -2.62. The Morgan fingerprint density at radius 3 is 2.65 bits per heavy atom. The van der Waals surface area contributed by atoms with Crippen molar-refractivity contribution < 1.29 is 32.7 Å². The smallest absolute Gasteiger partial charge is 0.418 e. The third-order valence-corrected chi connectivity index (χ3v) is 7.42. The molecule has 2 aromatic carbocycles. The van der Waals surface area contributed by atoms with Gasteiger partial charge in [0, 0.05) is 42.4 Å². The fourth-order valence-electron chi connectivity index (χ4n) is 5.62. The standard InChI is InChI=1S/C26H26F2N4O5/c1-14-3-8-21(18-6-4-16(27)12-20(18)28)32(14)22(33)13-31-23(34)26(37-25(31)36)10-9-15-11-17(5-7-19(15)26)30-24(35)29-2/h4-7,11-12,14,21H,3,8-10,13H2,1-2H3,(H2,29,30,35)/t14-,21?,26+/m0/s1. The average molecular weight is 513 g/mol. The summed E-state index contributed by atoms with van der Waals surface area (Å²) < 4.78 is 33.5. The van der Waals surface area contributed by atoms with E-state index in [0.717, 1.165) is 22.6 Å². The van der Waals surface area contributed by atoms with Crippen LogP contribution >= 0.6 is 0 Å². The van der Waals surface area contributed by atoms with Crippen LogP contribution in [0.2, 0.25) is 0 Å². The number of ether oxygens (including phenoxy) is 1. The second-order valence-corrected chi connectivity index (χ2v) is 9.57. The van der Waals surface area contributed by atoms with E-state index >= 15 is 0 Å². The van der Waals surface area contributed by atoms with Gasteiger partial charge in [-0.05, 0) is 49.9 Å². The van der Waals surface area contributed by atoms with Crippen molar-refractivity contribution in [1.29, 1.82) is 0 Å². The number of urea groups is 1. The number of hydrogen-bond donors (Lipinski definition) is 2. The summed E-state index contributed by atoms with van der Waals surface area (Å²) in [6.45, 7) is 1.26. The first-order valence-electron chi connectivity index (χ1n) is 12.1. The Kier molecular flexibility index (Phi) is 6.09. The van der Waals surface area contributed by atoms with E-state index in [2.05, 4.69) is 10.6 Å². The molecule has 2 aromatic rings. The van der Waals surface area contributed by atoms with Gasteiger partial charge in [-0.15, -0.1) is 0 Å². The molecule has 2 N–H and O–H groups in total. The zero-order chi connectivity index (χ0) is 26.5. The predicted molar refractivity (Wildman–Crippen MR) is 127 cm³/mol. The highest BCUT2D eigenvalue weighted by Gasteiger charge is 2.58. The number of aryl methyl sites for hydroxylation is 1. The first-order chi connectivity index (χ1) is 17.6. The second kappa shape index (κ2) is 9.13. The molecule has 5 rings (SSSR count). The Morgan fingerprint density at radius 2 is 1.92 bits per heavy atom. The van der Waals surface area contributed by atoms with Crippen molar-refractivity contribution in [2.24, 2.45) is 0 Å². The van der Waals surface area contributed by atoms with Crippen LogP contribution < -0.4 is 10.6 Å². The molecule has 0 bridgehead atoms. The Balaban J connectivity index is 1.36. The molecule has 1 unspecified atom stereocenters. The van der Waals surface area contributed by atoms with Crippen molar-refractivity contribution in [3.63, 3.8) is 0 Å². The normalized spacial score (nSPS) is 24.4. The van der Waals surface area contributed by atoms with Crippen LogP contribution in [-0.4, -0.2) is 53.4 Å². The largest absolute Gasteiger partial charge is 0.427 e. The van der Waals surface area contributed by atoms with Crippen LogP contribution in [0.5, 0.6) is 0 Å². The number of rotatable bonds is 4. The molecule has 2 aliphatic heterocycles. The van der Waals surface area contributed by atoms with Crippen LogP contribution in [-0.2, 0) is 26.3 Å². The maximum Gasteiger partial charge on any atom is 0.418 e. The van der Waals surface area contributed by atoms with Gasteiger partial charge in [-0.2, -0.15) is 0 Å². The van der Waals surface area contributed by atoms with Crippen LogP contribution in [0.15, 0.2) is 36.4 Å². The minimum Gasteiger partial charge on any atom is -0.427 e. The van der Waals surface area contributed by atoms with Gasteiger partial charge >= 0.3 is 12.1 Å². The molecule has 1 aliphatic carbocycles. The number of fused-ring (bicyclic) bond motifs is 2. The number of amides is 5. The molecule has 2 saturated heterocycles. The maximum absolute atomic E-state index is 14.5. The molecular weight excluding hydrogens is 486 g/mol. The number of benzene rings is 2. The van der Waals surface area contributed by atoms with Crippen LogP contribution in [0.1, 0.15) is 48.9 Å². The third-order valence-electron chi connectivity index (χ3n) is 7.42. The van der Waals surface area contributed by atoms with Gasteiger partial charge in [0.1, 0.15) is 18.2 Å². The number of carbonyl (C=O) groups is 4. The first-order valence-corrected chi connectivity index (χ1v) is 12.1. The van der Waals surface area contributed by atoms with Gasteiger partial charge in [0.2, 0.25) is 11.5 Å². The summed E-state index contributed by atoms with van der Waals surface area (Å²) in [6.07, 6.45) is 0.793. The lowest BCUT2D eigenvalue weighted by molar-refractivity contribution is -0.143. The summed E-state index contributed by atoms with van der Waals surface area (Å²) in [5, 5.41) is 5.12. The average Bonchev–Trinajstić information content (AvgIpc) is 3.49. The van der Waals surface area contributed by atoms with Gasteiger partial charge in [-0.3, -0.25) is 9.59 Å². The SMILES string of the molecule is CNC(=O)Nc1ccc2c(c1)CC[C@@]21OC(=O)N(CC(=O)N2C(c3ccc(F)cc3F)CC[C@@H]2C)C1=O. The Labute approximate surface area is 211 Å². The van der Waals surface area contributed by atoms with Crippen LogP contribution in [0, 0.1) is 11.6 Å². The number of nitrogens with one attached hydrogen (secondary N) is 2. The molecular formula is C26H26F2N4O5. The molecule has 0 aromatic heterocycles. The number of halogens is 2.